The van der Waals surface area contributed by atoms with E-state index in [2.05, 4.69) is 4.98 Å². The van der Waals surface area contributed by atoms with Gasteiger partial charge in [0.25, 0.3) is 0 Å². The zero-order valence-electron chi connectivity index (χ0n) is 8.65. The Kier molecular flexibility index (Phi) is 2.82. The number of nitrogens with two attached hydrogens (primary N) is 1. The number of benzene rings is 1. The van der Waals surface area contributed by atoms with E-state index in [9.17, 15) is 13.6 Å². The lowest BCUT2D eigenvalue weighted by atomic mass is 10.0. The number of carbonyl (C=O) groups is 1. The van der Waals surface area contributed by atoms with E-state index in [4.69, 9.17) is 5.73 Å². The molecule has 0 atom stereocenters. The van der Waals surface area contributed by atoms with E-state index in [-0.39, 0.29) is 16.9 Å². The average Bonchev–Trinajstić information content (AvgIpc) is 2.32. The molecule has 2 aromatic rings. The predicted molar refractivity (Wildman–Crippen MR) is 58.4 cm³/mol. The van der Waals surface area contributed by atoms with Crippen molar-refractivity contribution in [3.05, 3.63) is 59.3 Å². The van der Waals surface area contributed by atoms with Crippen LogP contribution in [0.15, 0.2) is 36.5 Å². The maximum atomic E-state index is 13.0. The normalized spacial score (nSPS) is 10.2. The summed E-state index contributed by atoms with van der Waals surface area (Å²) >= 11 is 0. The van der Waals surface area contributed by atoms with Gasteiger partial charge in [0.05, 0.1) is 5.56 Å². The number of hydrogen-bond acceptors (Lipinski definition) is 3. The predicted octanol–water partition coefficient (Wildman–Crippen LogP) is 2.17. The molecule has 0 aliphatic heterocycles. The molecule has 2 rings (SSSR count). The number of carbonyl (C=O) groups excluding carboxylic acids is 1. The molecule has 0 saturated heterocycles. The number of halogens is 2. The summed E-state index contributed by atoms with van der Waals surface area (Å²) in [6, 6.07) is 5.96. The number of nitrogens with zero attached hydrogens (tertiary/aromatic N) is 1. The van der Waals surface area contributed by atoms with Gasteiger partial charge in [-0.1, -0.05) is 0 Å². The molecule has 0 bridgehead atoms. The molecular formula is C12H8F2N2O. The summed E-state index contributed by atoms with van der Waals surface area (Å²) in [5.41, 5.74) is 5.72. The molecule has 0 aliphatic carbocycles. The van der Waals surface area contributed by atoms with Crippen molar-refractivity contribution in [1.29, 1.82) is 0 Å². The highest BCUT2D eigenvalue weighted by atomic mass is 19.2. The maximum absolute atomic E-state index is 13.0. The maximum Gasteiger partial charge on any atom is 0.196 e. The summed E-state index contributed by atoms with van der Waals surface area (Å²) in [6.45, 7) is 0. The van der Waals surface area contributed by atoms with Gasteiger partial charge >= 0.3 is 0 Å². The highest BCUT2D eigenvalue weighted by Crippen LogP contribution is 2.16. The van der Waals surface area contributed by atoms with Crippen LogP contribution >= 0.6 is 0 Å². The monoisotopic (exact) mass is 234 g/mol. The number of nitrogen functional groups attached to an aromatic ring is 1. The Morgan fingerprint density at radius 3 is 2.59 bits per heavy atom. The molecule has 0 aliphatic rings. The standard InChI is InChI=1S/C12H8F2N2O/c13-9-4-3-7(6-10(9)14)11(17)8-2-1-5-16-12(8)15/h1-6H,(H2,15,16). The molecule has 1 aromatic carbocycles. The van der Waals surface area contributed by atoms with Crippen molar-refractivity contribution in [2.24, 2.45) is 0 Å². The number of rotatable bonds is 2. The highest BCUT2D eigenvalue weighted by Gasteiger charge is 2.14. The van der Waals surface area contributed by atoms with Crippen molar-refractivity contribution in [2.75, 3.05) is 5.73 Å². The smallest absolute Gasteiger partial charge is 0.196 e. The number of aromatic nitrogens is 1. The van der Waals surface area contributed by atoms with Crippen LogP contribution in [0.2, 0.25) is 0 Å². The molecule has 5 heteroatoms. The molecule has 0 radical (unpaired) electrons. The van der Waals surface area contributed by atoms with Gasteiger partial charge in [-0.25, -0.2) is 13.8 Å². The second kappa shape index (κ2) is 4.29. The molecule has 0 fully saturated rings. The number of pyridine rings is 1. The van der Waals surface area contributed by atoms with Crippen molar-refractivity contribution in [2.45, 2.75) is 0 Å². The molecule has 0 amide bonds. The molecule has 2 N–H and O–H groups in total. The van der Waals surface area contributed by atoms with Crippen molar-refractivity contribution in [3.63, 3.8) is 0 Å². The Hall–Kier alpha value is -2.30. The fourth-order valence-corrected chi connectivity index (χ4v) is 1.40. The molecule has 1 aromatic heterocycles. The van der Waals surface area contributed by atoms with Crippen LogP contribution in [-0.2, 0) is 0 Å². The fraction of sp³-hybridized carbons (Fsp3) is 0. The van der Waals surface area contributed by atoms with Gasteiger partial charge in [-0.3, -0.25) is 4.79 Å². The summed E-state index contributed by atoms with van der Waals surface area (Å²) in [7, 11) is 0. The van der Waals surface area contributed by atoms with Gasteiger partial charge in [0.15, 0.2) is 17.4 Å². The largest absolute Gasteiger partial charge is 0.383 e. The zero-order chi connectivity index (χ0) is 12.4. The molecule has 0 unspecified atom stereocenters. The van der Waals surface area contributed by atoms with Crippen molar-refractivity contribution in [3.8, 4) is 0 Å². The first-order valence-electron chi connectivity index (χ1n) is 4.80. The van der Waals surface area contributed by atoms with Crippen LogP contribution in [-0.4, -0.2) is 10.8 Å². The first-order valence-corrected chi connectivity index (χ1v) is 4.80. The Morgan fingerprint density at radius 2 is 1.94 bits per heavy atom. The van der Waals surface area contributed by atoms with Crippen molar-refractivity contribution in [1.82, 2.24) is 4.98 Å². The Bertz CT molecular complexity index is 584. The molecule has 3 nitrogen and oxygen atoms in total. The van der Waals surface area contributed by atoms with Gasteiger partial charge in [0.1, 0.15) is 5.82 Å². The minimum Gasteiger partial charge on any atom is -0.383 e. The number of ketones is 1. The van der Waals surface area contributed by atoms with Crippen LogP contribution in [0.25, 0.3) is 0 Å². The first-order chi connectivity index (χ1) is 8.09. The average molecular weight is 234 g/mol. The third-order valence-corrected chi connectivity index (χ3v) is 2.26. The minimum absolute atomic E-state index is 0.0311. The number of anilines is 1. The van der Waals surface area contributed by atoms with Crippen molar-refractivity contribution < 1.29 is 13.6 Å². The van der Waals surface area contributed by atoms with Gasteiger partial charge < -0.3 is 5.73 Å². The Labute approximate surface area is 95.9 Å². The first kappa shape index (κ1) is 11.2. The summed E-state index contributed by atoms with van der Waals surface area (Å²) < 4.78 is 25.7. The van der Waals surface area contributed by atoms with E-state index >= 15 is 0 Å². The second-order valence-corrected chi connectivity index (χ2v) is 3.39. The molecule has 1 heterocycles. The topological polar surface area (TPSA) is 56.0 Å². The lowest BCUT2D eigenvalue weighted by Crippen LogP contribution is -2.07. The summed E-state index contributed by atoms with van der Waals surface area (Å²) in [6.07, 6.45) is 1.44. The van der Waals surface area contributed by atoms with Crippen LogP contribution < -0.4 is 5.73 Å². The van der Waals surface area contributed by atoms with Crippen LogP contribution in [0.3, 0.4) is 0 Å². The van der Waals surface area contributed by atoms with Gasteiger partial charge in [-0.2, -0.15) is 0 Å². The van der Waals surface area contributed by atoms with E-state index in [1.165, 1.54) is 18.3 Å². The molecule has 0 saturated carbocycles. The third kappa shape index (κ3) is 2.13. The minimum atomic E-state index is -1.07. The van der Waals surface area contributed by atoms with Gasteiger partial charge in [0, 0.05) is 11.8 Å². The highest BCUT2D eigenvalue weighted by molar-refractivity contribution is 6.11. The SMILES string of the molecule is Nc1ncccc1C(=O)c1ccc(F)c(F)c1. The Morgan fingerprint density at radius 1 is 1.18 bits per heavy atom. The quantitative estimate of drug-likeness (QED) is 0.810. The lowest BCUT2D eigenvalue weighted by molar-refractivity contribution is 0.103. The lowest BCUT2D eigenvalue weighted by Gasteiger charge is -2.03. The van der Waals surface area contributed by atoms with E-state index in [0.29, 0.717) is 0 Å². The van der Waals surface area contributed by atoms with Crippen LogP contribution in [0.1, 0.15) is 15.9 Å². The summed E-state index contributed by atoms with van der Waals surface area (Å²) in [4.78, 5) is 15.7. The fourth-order valence-electron chi connectivity index (χ4n) is 1.40. The van der Waals surface area contributed by atoms with Gasteiger partial charge in [-0.05, 0) is 30.3 Å². The zero-order valence-corrected chi connectivity index (χ0v) is 8.65. The third-order valence-electron chi connectivity index (χ3n) is 2.26. The molecule has 0 spiro atoms. The molecular weight excluding hydrogens is 226 g/mol. The summed E-state index contributed by atoms with van der Waals surface area (Å²) in [5.74, 6) is -2.50. The van der Waals surface area contributed by atoms with E-state index < -0.39 is 17.4 Å². The molecule has 17 heavy (non-hydrogen) atoms. The van der Waals surface area contributed by atoms with Gasteiger partial charge in [0.2, 0.25) is 0 Å². The van der Waals surface area contributed by atoms with Crippen LogP contribution in [0, 0.1) is 11.6 Å². The Balaban J connectivity index is 2.44. The van der Waals surface area contributed by atoms with E-state index in [0.717, 1.165) is 12.1 Å². The molecule has 86 valence electrons. The van der Waals surface area contributed by atoms with Crippen molar-refractivity contribution >= 4 is 11.6 Å². The van der Waals surface area contributed by atoms with Crippen LogP contribution in [0.4, 0.5) is 14.6 Å². The van der Waals surface area contributed by atoms with Gasteiger partial charge in [-0.15, -0.1) is 0 Å². The summed E-state index contributed by atoms with van der Waals surface area (Å²) in [5, 5.41) is 0. The van der Waals surface area contributed by atoms with E-state index in [1.54, 1.807) is 6.07 Å². The second-order valence-electron chi connectivity index (χ2n) is 3.39. The van der Waals surface area contributed by atoms with E-state index in [1.807, 2.05) is 0 Å². The van der Waals surface area contributed by atoms with Crippen LogP contribution in [0.5, 0.6) is 0 Å². The number of hydrogen-bond donors (Lipinski definition) is 1.